The van der Waals surface area contributed by atoms with E-state index in [1.54, 1.807) is 11.3 Å². The first-order valence-corrected chi connectivity index (χ1v) is 16.3. The van der Waals surface area contributed by atoms with Gasteiger partial charge in [-0.1, -0.05) is 72.4 Å². The zero-order valence-corrected chi connectivity index (χ0v) is 24.8. The molecule has 1 amide bonds. The third-order valence-corrected chi connectivity index (χ3v) is 11.2. The molecule has 0 N–H and O–H groups in total. The predicted molar refractivity (Wildman–Crippen MR) is 165 cm³/mol. The Labute approximate surface area is 245 Å². The Hall–Kier alpha value is -1.62. The van der Waals surface area contributed by atoms with Crippen LogP contribution in [0, 0.1) is 23.7 Å². The van der Waals surface area contributed by atoms with Crippen molar-refractivity contribution < 1.29 is 4.79 Å². The number of unbranched alkanes of at least 4 members (excludes halogenated alkanes) is 1. The minimum atomic E-state index is 0.0828. The van der Waals surface area contributed by atoms with E-state index in [0.29, 0.717) is 12.0 Å². The maximum absolute atomic E-state index is 13.6. The number of hydrogen-bond acceptors (Lipinski definition) is 5. The molecule has 4 fully saturated rings. The van der Waals surface area contributed by atoms with Crippen LogP contribution in [0.15, 0.2) is 35.2 Å². The van der Waals surface area contributed by atoms with E-state index in [-0.39, 0.29) is 5.91 Å². The van der Waals surface area contributed by atoms with Crippen molar-refractivity contribution >= 4 is 63.2 Å². The van der Waals surface area contributed by atoms with E-state index in [4.69, 9.17) is 23.8 Å². The van der Waals surface area contributed by atoms with Gasteiger partial charge in [0.25, 0.3) is 5.91 Å². The van der Waals surface area contributed by atoms with Crippen molar-refractivity contribution in [3.05, 3.63) is 50.7 Å². The molecule has 38 heavy (non-hydrogen) atoms. The van der Waals surface area contributed by atoms with Crippen LogP contribution in [0.3, 0.4) is 0 Å². The Kier molecular flexibility index (Phi) is 8.30. The third kappa shape index (κ3) is 5.78. The highest BCUT2D eigenvalue weighted by molar-refractivity contribution is 8.26. The third-order valence-electron chi connectivity index (χ3n) is 8.46. The van der Waals surface area contributed by atoms with Crippen LogP contribution in [-0.2, 0) is 4.79 Å². The van der Waals surface area contributed by atoms with Crippen molar-refractivity contribution in [1.82, 2.24) is 9.80 Å². The monoisotopic (exact) mass is 580 g/mol. The molecule has 0 radical (unpaired) electrons. The molecular formula is C31H33ClN2OS3. The average Bonchev–Trinajstić information content (AvgIpc) is 3.70. The van der Waals surface area contributed by atoms with Gasteiger partial charge in [-0.15, -0.1) is 11.3 Å². The highest BCUT2D eigenvalue weighted by atomic mass is 35.5. The largest absolute Gasteiger partial charge is 0.303 e. The highest BCUT2D eigenvalue weighted by Crippen LogP contribution is 2.49. The second kappa shape index (κ2) is 11.9. The van der Waals surface area contributed by atoms with Gasteiger partial charge in [-0.25, -0.2) is 0 Å². The number of benzene rings is 1. The number of thiocarbonyl (C=S) groups is 1. The smallest absolute Gasteiger partial charge is 0.266 e. The van der Waals surface area contributed by atoms with Gasteiger partial charge in [0.2, 0.25) is 0 Å². The van der Waals surface area contributed by atoms with Gasteiger partial charge >= 0.3 is 0 Å². The lowest BCUT2D eigenvalue weighted by Gasteiger charge is -2.30. The quantitative estimate of drug-likeness (QED) is 0.149. The van der Waals surface area contributed by atoms with E-state index in [2.05, 4.69) is 22.8 Å². The van der Waals surface area contributed by atoms with E-state index in [1.165, 1.54) is 63.4 Å². The molecule has 2 aliphatic carbocycles. The Morgan fingerprint density at radius 2 is 1.92 bits per heavy atom. The number of nitrogens with zero attached hydrogens (tertiary/aromatic N) is 2. The normalized spacial score (nSPS) is 26.4. The van der Waals surface area contributed by atoms with Crippen molar-refractivity contribution in [2.75, 3.05) is 19.6 Å². The fourth-order valence-corrected chi connectivity index (χ4v) is 9.13. The SMILES string of the molecule is O=C1/C(=C/c2sc(-c3ccc(Cl)cc3)cc2C#CCCCN2CCCCC2)SC(=S)N1C1CC2CCC1C2. The molecule has 3 atom stereocenters. The number of piperidine rings is 1. The van der Waals surface area contributed by atoms with Crippen LogP contribution in [0.1, 0.15) is 68.2 Å². The van der Waals surface area contributed by atoms with Gasteiger partial charge in [-0.05, 0) is 99.8 Å². The predicted octanol–water partition coefficient (Wildman–Crippen LogP) is 8.08. The molecule has 1 aromatic carbocycles. The summed E-state index contributed by atoms with van der Waals surface area (Å²) in [5.41, 5.74) is 2.10. The van der Waals surface area contributed by atoms with Gasteiger partial charge in [0.1, 0.15) is 4.32 Å². The second-order valence-electron chi connectivity index (χ2n) is 11.0. The molecule has 3 unspecified atom stereocenters. The maximum Gasteiger partial charge on any atom is 0.266 e. The number of amides is 1. The number of carbonyl (C=O) groups is 1. The summed E-state index contributed by atoms with van der Waals surface area (Å²) in [7, 11) is 0. The lowest BCUT2D eigenvalue weighted by atomic mass is 9.94. The molecule has 1 aromatic heterocycles. The van der Waals surface area contributed by atoms with E-state index in [1.807, 2.05) is 35.2 Å². The fraction of sp³-hybridized carbons (Fsp3) is 0.484. The molecule has 7 heteroatoms. The minimum absolute atomic E-state index is 0.0828. The molecule has 198 valence electrons. The molecule has 3 heterocycles. The molecule has 2 aromatic rings. The Balaban J connectivity index is 1.22. The zero-order chi connectivity index (χ0) is 26.1. The number of halogens is 1. The number of hydrogen-bond donors (Lipinski definition) is 0. The summed E-state index contributed by atoms with van der Waals surface area (Å²) < 4.78 is 0.721. The molecule has 2 bridgehead atoms. The molecular weight excluding hydrogens is 548 g/mol. The second-order valence-corrected chi connectivity index (χ2v) is 14.2. The van der Waals surface area contributed by atoms with Gasteiger partial charge in [0, 0.05) is 32.8 Å². The van der Waals surface area contributed by atoms with Gasteiger partial charge in [-0.2, -0.15) is 0 Å². The average molecular weight is 581 g/mol. The fourth-order valence-electron chi connectivity index (χ4n) is 6.51. The molecule has 6 rings (SSSR count). The molecule has 2 aliphatic heterocycles. The standard InChI is InChI=1S/C31H33ClN2OS3/c32-25-12-10-22(11-13-25)27-19-24(7-3-1-4-14-33-15-5-2-6-16-33)28(37-27)20-29-30(35)34(31(36)38-29)26-18-21-8-9-23(26)17-21/h10-13,19-21,23,26H,1-2,4-6,8-9,14-18H2/b29-20-. The summed E-state index contributed by atoms with van der Waals surface area (Å²) in [6, 6.07) is 10.4. The maximum atomic E-state index is 13.6. The van der Waals surface area contributed by atoms with Crippen molar-refractivity contribution in [1.29, 1.82) is 0 Å². The van der Waals surface area contributed by atoms with Crippen LogP contribution in [0.5, 0.6) is 0 Å². The van der Waals surface area contributed by atoms with Gasteiger partial charge < -0.3 is 4.90 Å². The van der Waals surface area contributed by atoms with Crippen LogP contribution in [0.2, 0.25) is 5.02 Å². The lowest BCUT2D eigenvalue weighted by Crippen LogP contribution is -2.41. The number of thioether (sulfide) groups is 1. The summed E-state index contributed by atoms with van der Waals surface area (Å²) in [5.74, 6) is 8.34. The summed E-state index contributed by atoms with van der Waals surface area (Å²) in [5, 5.41) is 0.725. The summed E-state index contributed by atoms with van der Waals surface area (Å²) in [6.45, 7) is 3.59. The van der Waals surface area contributed by atoms with Crippen molar-refractivity contribution in [2.24, 2.45) is 11.8 Å². The van der Waals surface area contributed by atoms with E-state index in [0.717, 1.165) is 66.9 Å². The van der Waals surface area contributed by atoms with Crippen LogP contribution in [-0.4, -0.2) is 45.7 Å². The van der Waals surface area contributed by atoms with Crippen molar-refractivity contribution in [3.8, 4) is 22.3 Å². The molecule has 0 spiro atoms. The van der Waals surface area contributed by atoms with Crippen LogP contribution in [0.4, 0.5) is 0 Å². The highest BCUT2D eigenvalue weighted by Gasteiger charge is 2.48. The van der Waals surface area contributed by atoms with Gasteiger partial charge in [-0.3, -0.25) is 9.69 Å². The Bertz CT molecular complexity index is 1300. The Morgan fingerprint density at radius 3 is 2.66 bits per heavy atom. The Morgan fingerprint density at radius 1 is 1.11 bits per heavy atom. The van der Waals surface area contributed by atoms with E-state index >= 15 is 0 Å². The number of thiophene rings is 1. The number of rotatable bonds is 6. The van der Waals surface area contributed by atoms with E-state index in [9.17, 15) is 4.79 Å². The van der Waals surface area contributed by atoms with E-state index < -0.39 is 0 Å². The first-order valence-electron chi connectivity index (χ1n) is 13.9. The number of likely N-dealkylation sites (tertiary alicyclic amines) is 1. The van der Waals surface area contributed by atoms with Crippen molar-refractivity contribution in [2.45, 2.75) is 63.8 Å². The summed E-state index contributed by atoms with van der Waals surface area (Å²) >= 11 is 15.0. The van der Waals surface area contributed by atoms with Crippen molar-refractivity contribution in [3.63, 3.8) is 0 Å². The molecule has 2 saturated heterocycles. The summed E-state index contributed by atoms with van der Waals surface area (Å²) in [4.78, 5) is 21.0. The number of fused-ring (bicyclic) bond motifs is 2. The lowest BCUT2D eigenvalue weighted by molar-refractivity contribution is -0.124. The summed E-state index contributed by atoms with van der Waals surface area (Å²) in [6.07, 6.45) is 12.9. The van der Waals surface area contributed by atoms with Gasteiger partial charge in [0.15, 0.2) is 0 Å². The molecule has 4 aliphatic rings. The number of carbonyl (C=O) groups excluding carboxylic acids is 1. The van der Waals surface area contributed by atoms with Crippen LogP contribution < -0.4 is 0 Å². The topological polar surface area (TPSA) is 23.6 Å². The first kappa shape index (κ1) is 26.6. The first-order chi connectivity index (χ1) is 18.5. The van der Waals surface area contributed by atoms with Gasteiger partial charge in [0.05, 0.1) is 4.91 Å². The molecule has 3 nitrogen and oxygen atoms in total. The zero-order valence-electron chi connectivity index (χ0n) is 21.6. The minimum Gasteiger partial charge on any atom is -0.303 e. The molecule has 2 saturated carbocycles. The van der Waals surface area contributed by atoms with Crippen LogP contribution in [0.25, 0.3) is 16.5 Å². The van der Waals surface area contributed by atoms with Crippen LogP contribution >= 0.6 is 46.9 Å².